The number of hydrogen-bond acceptors (Lipinski definition) is 6. The molecule has 3 rings (SSSR count). The molecule has 1 fully saturated rings. The van der Waals surface area contributed by atoms with Crippen LogP contribution in [0.15, 0.2) is 36.5 Å². The number of halogens is 2. The molecule has 0 aliphatic carbocycles. The fourth-order valence-corrected chi connectivity index (χ4v) is 4.31. The van der Waals surface area contributed by atoms with Crippen molar-refractivity contribution in [3.05, 3.63) is 58.6 Å². The number of amides is 1. The van der Waals surface area contributed by atoms with Crippen molar-refractivity contribution in [3.8, 4) is 0 Å². The molecule has 2 heterocycles. The second-order valence-corrected chi connectivity index (χ2v) is 9.92. The summed E-state index contributed by atoms with van der Waals surface area (Å²) in [5.74, 6) is -2.17. The summed E-state index contributed by atoms with van der Waals surface area (Å²) in [6, 6.07) is 6.92. The van der Waals surface area contributed by atoms with Gasteiger partial charge in [-0.3, -0.25) is 14.6 Å². The van der Waals surface area contributed by atoms with Gasteiger partial charge in [0.2, 0.25) is 5.60 Å². The molecule has 1 atom stereocenters. The highest BCUT2D eigenvalue weighted by atomic mass is 35.5. The van der Waals surface area contributed by atoms with Gasteiger partial charge in [-0.25, -0.2) is 12.8 Å². The normalized spacial score (nSPS) is 19.3. The largest absolute Gasteiger partial charge is 0.373 e. The number of carbonyl (C=O) groups excluding carboxylic acids is 2. The third kappa shape index (κ3) is 5.03. The number of carbonyl (C=O) groups is 2. The van der Waals surface area contributed by atoms with E-state index in [1.807, 2.05) is 0 Å². The molecule has 1 N–H and O–H groups in total. The Labute approximate surface area is 178 Å². The molecule has 160 valence electrons. The highest BCUT2D eigenvalue weighted by Crippen LogP contribution is 2.30. The number of benzene rings is 1. The van der Waals surface area contributed by atoms with Crippen LogP contribution in [0.1, 0.15) is 24.1 Å². The zero-order valence-corrected chi connectivity index (χ0v) is 17.7. The third-order valence-corrected chi connectivity index (χ3v) is 5.89. The van der Waals surface area contributed by atoms with Crippen molar-refractivity contribution < 1.29 is 27.5 Å². The van der Waals surface area contributed by atoms with E-state index in [1.54, 1.807) is 0 Å². The minimum Gasteiger partial charge on any atom is -0.373 e. The van der Waals surface area contributed by atoms with Gasteiger partial charge in [0.05, 0.1) is 23.3 Å². The Kier molecular flexibility index (Phi) is 6.26. The van der Waals surface area contributed by atoms with Crippen LogP contribution >= 0.6 is 11.6 Å². The summed E-state index contributed by atoms with van der Waals surface area (Å²) in [6.45, 7) is 0.111. The Balaban J connectivity index is 1.68. The first-order valence-electron chi connectivity index (χ1n) is 9.13. The van der Waals surface area contributed by atoms with Gasteiger partial charge in [-0.15, -0.1) is 0 Å². The molecule has 2 aromatic rings. The van der Waals surface area contributed by atoms with Crippen LogP contribution in [0.5, 0.6) is 0 Å². The van der Waals surface area contributed by atoms with E-state index < -0.39 is 32.9 Å². The second kappa shape index (κ2) is 8.41. The fourth-order valence-electron chi connectivity index (χ4n) is 3.36. The van der Waals surface area contributed by atoms with Crippen molar-refractivity contribution in [2.45, 2.75) is 30.6 Å². The molecule has 1 aliphatic heterocycles. The predicted molar refractivity (Wildman–Crippen MR) is 109 cm³/mol. The summed E-state index contributed by atoms with van der Waals surface area (Å²) in [4.78, 5) is 30.6. The van der Waals surface area contributed by atoms with Gasteiger partial charge in [0, 0.05) is 30.7 Å². The van der Waals surface area contributed by atoms with Crippen molar-refractivity contribution in [2.24, 2.45) is 0 Å². The lowest BCUT2D eigenvalue weighted by Gasteiger charge is -2.21. The van der Waals surface area contributed by atoms with E-state index >= 15 is 0 Å². The number of rotatable bonds is 7. The Morgan fingerprint density at radius 2 is 2.07 bits per heavy atom. The smallest absolute Gasteiger partial charge is 0.266 e. The number of aryl methyl sites for hydroxylation is 1. The molecule has 0 radical (unpaired) electrons. The van der Waals surface area contributed by atoms with Gasteiger partial charge in [0.1, 0.15) is 5.82 Å². The van der Waals surface area contributed by atoms with E-state index in [4.69, 9.17) is 11.6 Å². The zero-order valence-electron chi connectivity index (χ0n) is 16.1. The van der Waals surface area contributed by atoms with Gasteiger partial charge in [0.15, 0.2) is 15.6 Å². The van der Waals surface area contributed by atoms with Crippen LogP contribution in [-0.2, 0) is 31.6 Å². The van der Waals surface area contributed by atoms with Crippen molar-refractivity contribution in [2.75, 3.05) is 17.7 Å². The number of Topliss-reactive ketones (excluding diaryl/α,β-unsaturated/α-hetero) is 1. The SMILES string of the molecule is CS(=O)(=O)Cc1ccc(N2CCC(O)(C(=O)CCc3cc(F)cc(Cl)c3)C2=O)cn1. The van der Waals surface area contributed by atoms with Crippen LogP contribution in [0.3, 0.4) is 0 Å². The lowest BCUT2D eigenvalue weighted by Crippen LogP contribution is -2.47. The first-order valence-corrected chi connectivity index (χ1v) is 11.6. The average molecular weight is 455 g/mol. The number of nitrogens with zero attached hydrogens (tertiary/aromatic N) is 2. The molecule has 1 amide bonds. The van der Waals surface area contributed by atoms with Gasteiger partial charge in [0.25, 0.3) is 5.91 Å². The van der Waals surface area contributed by atoms with Crippen LogP contribution in [0.4, 0.5) is 10.1 Å². The Hall–Kier alpha value is -2.36. The highest BCUT2D eigenvalue weighted by molar-refractivity contribution is 7.89. The first kappa shape index (κ1) is 22.3. The van der Waals surface area contributed by atoms with E-state index in [2.05, 4.69) is 4.98 Å². The predicted octanol–water partition coefficient (Wildman–Crippen LogP) is 2.09. The number of ketones is 1. The standard InChI is InChI=1S/C20H20ClFN2O5S/c1-30(28,29)12-16-3-4-17(11-23-16)24-7-6-20(27,19(24)26)18(25)5-2-13-8-14(21)10-15(22)9-13/h3-4,8-11,27H,2,5-7,12H2,1H3. The molecule has 1 aromatic carbocycles. The molecule has 1 aromatic heterocycles. The summed E-state index contributed by atoms with van der Waals surface area (Å²) in [6.07, 6.45) is 2.33. The Morgan fingerprint density at radius 1 is 1.33 bits per heavy atom. The fraction of sp³-hybridized carbons (Fsp3) is 0.350. The number of hydrogen-bond donors (Lipinski definition) is 1. The molecular formula is C20H20ClFN2O5S. The number of aliphatic hydroxyl groups is 1. The summed E-state index contributed by atoms with van der Waals surface area (Å²) in [7, 11) is -3.24. The van der Waals surface area contributed by atoms with Gasteiger partial charge >= 0.3 is 0 Å². The maximum absolute atomic E-state index is 13.4. The minimum absolute atomic E-state index is 0.0837. The van der Waals surface area contributed by atoms with Crippen LogP contribution in [-0.4, -0.2) is 48.6 Å². The van der Waals surface area contributed by atoms with Crippen molar-refractivity contribution in [1.82, 2.24) is 4.98 Å². The molecule has 30 heavy (non-hydrogen) atoms. The highest BCUT2D eigenvalue weighted by Gasteiger charge is 2.50. The molecular weight excluding hydrogens is 435 g/mol. The van der Waals surface area contributed by atoms with Crippen molar-refractivity contribution in [1.29, 1.82) is 0 Å². The van der Waals surface area contributed by atoms with Crippen LogP contribution in [0.2, 0.25) is 5.02 Å². The van der Waals surface area contributed by atoms with Crippen LogP contribution < -0.4 is 4.90 Å². The van der Waals surface area contributed by atoms with E-state index in [9.17, 15) is 27.5 Å². The molecule has 1 unspecified atom stereocenters. The lowest BCUT2D eigenvalue weighted by molar-refractivity contribution is -0.147. The van der Waals surface area contributed by atoms with E-state index in [-0.39, 0.29) is 36.6 Å². The number of aromatic nitrogens is 1. The van der Waals surface area contributed by atoms with Crippen molar-refractivity contribution in [3.63, 3.8) is 0 Å². The van der Waals surface area contributed by atoms with E-state index in [0.717, 1.165) is 12.3 Å². The molecule has 0 saturated carbocycles. The van der Waals surface area contributed by atoms with Gasteiger partial charge < -0.3 is 10.0 Å². The lowest BCUT2D eigenvalue weighted by atomic mass is 9.92. The first-order chi connectivity index (χ1) is 14.0. The van der Waals surface area contributed by atoms with Crippen molar-refractivity contribution >= 4 is 38.8 Å². The van der Waals surface area contributed by atoms with E-state index in [0.29, 0.717) is 16.9 Å². The molecule has 7 nitrogen and oxygen atoms in total. The second-order valence-electron chi connectivity index (χ2n) is 7.35. The average Bonchev–Trinajstić information content (AvgIpc) is 2.95. The topological polar surface area (TPSA) is 105 Å². The molecule has 10 heteroatoms. The quantitative estimate of drug-likeness (QED) is 0.642. The summed E-state index contributed by atoms with van der Waals surface area (Å²) >= 11 is 5.80. The maximum Gasteiger partial charge on any atom is 0.266 e. The summed E-state index contributed by atoms with van der Waals surface area (Å²) in [5.41, 5.74) is -0.987. The van der Waals surface area contributed by atoms with E-state index in [1.165, 1.54) is 35.4 Å². The van der Waals surface area contributed by atoms with Gasteiger partial charge in [-0.05, 0) is 42.3 Å². The van der Waals surface area contributed by atoms with Gasteiger partial charge in [-0.1, -0.05) is 11.6 Å². The monoisotopic (exact) mass is 454 g/mol. The molecule has 0 spiro atoms. The minimum atomic E-state index is -3.24. The Morgan fingerprint density at radius 3 is 2.67 bits per heavy atom. The maximum atomic E-state index is 13.4. The molecule has 0 bridgehead atoms. The Bertz CT molecular complexity index is 1070. The number of pyridine rings is 1. The van der Waals surface area contributed by atoms with Crippen LogP contribution in [0, 0.1) is 5.82 Å². The summed E-state index contributed by atoms with van der Waals surface area (Å²) < 4.78 is 36.1. The molecule has 1 aliphatic rings. The third-order valence-electron chi connectivity index (χ3n) is 4.85. The zero-order chi connectivity index (χ0) is 22.1. The number of anilines is 1. The molecule has 1 saturated heterocycles. The van der Waals surface area contributed by atoms with Crippen LogP contribution in [0.25, 0.3) is 0 Å². The number of sulfone groups is 1. The summed E-state index contributed by atoms with van der Waals surface area (Å²) in [5, 5.41) is 10.9. The van der Waals surface area contributed by atoms with Gasteiger partial charge in [-0.2, -0.15) is 0 Å².